The lowest BCUT2D eigenvalue weighted by Gasteiger charge is -2.33. The van der Waals surface area contributed by atoms with Crippen LogP contribution in [0.4, 0.5) is 0 Å². The minimum atomic E-state index is -0.00335. The molecule has 0 unspecified atom stereocenters. The Kier molecular flexibility index (Phi) is 5.03. The van der Waals surface area contributed by atoms with Gasteiger partial charge in [-0.25, -0.2) is 0 Å². The first kappa shape index (κ1) is 12.9. The third-order valence-electron chi connectivity index (χ3n) is 2.63. The summed E-state index contributed by atoms with van der Waals surface area (Å²) in [6.07, 6.45) is 1.11. The minimum Gasteiger partial charge on any atom is -0.379 e. The fraction of sp³-hybridized carbons (Fsp3) is 1.00. The van der Waals surface area contributed by atoms with Gasteiger partial charge in [0, 0.05) is 25.7 Å². The van der Waals surface area contributed by atoms with Crippen molar-refractivity contribution in [2.24, 2.45) is 0 Å². The van der Waals surface area contributed by atoms with Crippen LogP contribution in [0.2, 0.25) is 0 Å². The van der Waals surface area contributed by atoms with E-state index in [1.165, 1.54) is 0 Å². The summed E-state index contributed by atoms with van der Waals surface area (Å²) in [6, 6.07) is 0.563. The molecule has 0 aliphatic carbocycles. The SMILES string of the molecule is C[C@@H]1COCCN1CCCOC(C)(C)C. The van der Waals surface area contributed by atoms with Crippen LogP contribution < -0.4 is 0 Å². The smallest absolute Gasteiger partial charge is 0.0619 e. The molecule has 0 amide bonds. The highest BCUT2D eigenvalue weighted by atomic mass is 16.5. The first-order valence-corrected chi connectivity index (χ1v) is 5.95. The Hall–Kier alpha value is -0.120. The van der Waals surface area contributed by atoms with Gasteiger partial charge < -0.3 is 9.47 Å². The van der Waals surface area contributed by atoms with Crippen LogP contribution in [0.1, 0.15) is 34.1 Å². The van der Waals surface area contributed by atoms with Crippen molar-refractivity contribution in [3.63, 3.8) is 0 Å². The fourth-order valence-electron chi connectivity index (χ4n) is 1.74. The van der Waals surface area contributed by atoms with Crippen molar-refractivity contribution in [3.05, 3.63) is 0 Å². The molecule has 0 radical (unpaired) electrons. The molecule has 1 aliphatic heterocycles. The molecule has 90 valence electrons. The van der Waals surface area contributed by atoms with Crippen LogP contribution in [0.3, 0.4) is 0 Å². The summed E-state index contributed by atoms with van der Waals surface area (Å²) in [4.78, 5) is 2.48. The van der Waals surface area contributed by atoms with Crippen LogP contribution in [-0.4, -0.2) is 49.5 Å². The van der Waals surface area contributed by atoms with E-state index >= 15 is 0 Å². The Morgan fingerprint density at radius 2 is 2.13 bits per heavy atom. The quantitative estimate of drug-likeness (QED) is 0.669. The van der Waals surface area contributed by atoms with Gasteiger partial charge in [-0.15, -0.1) is 0 Å². The van der Waals surface area contributed by atoms with Gasteiger partial charge in [0.05, 0.1) is 18.8 Å². The lowest BCUT2D eigenvalue weighted by atomic mass is 10.2. The van der Waals surface area contributed by atoms with Crippen molar-refractivity contribution >= 4 is 0 Å². The van der Waals surface area contributed by atoms with Crippen LogP contribution in [0, 0.1) is 0 Å². The van der Waals surface area contributed by atoms with Crippen molar-refractivity contribution in [2.45, 2.75) is 45.8 Å². The largest absolute Gasteiger partial charge is 0.379 e. The Balaban J connectivity index is 2.08. The molecule has 0 bridgehead atoms. The number of morpholine rings is 1. The van der Waals surface area contributed by atoms with Crippen LogP contribution in [0.5, 0.6) is 0 Å². The molecule has 0 N–H and O–H groups in total. The zero-order valence-electron chi connectivity index (χ0n) is 10.6. The Morgan fingerprint density at radius 3 is 2.73 bits per heavy atom. The first-order valence-electron chi connectivity index (χ1n) is 5.95. The number of hydrogen-bond donors (Lipinski definition) is 0. The van der Waals surface area contributed by atoms with Crippen molar-refractivity contribution in [1.82, 2.24) is 4.90 Å². The van der Waals surface area contributed by atoms with E-state index in [0.717, 1.165) is 39.3 Å². The summed E-state index contributed by atoms with van der Waals surface area (Å²) in [7, 11) is 0. The summed E-state index contributed by atoms with van der Waals surface area (Å²) in [6.45, 7) is 13.3. The van der Waals surface area contributed by atoms with Gasteiger partial charge in [0.2, 0.25) is 0 Å². The van der Waals surface area contributed by atoms with Crippen molar-refractivity contribution < 1.29 is 9.47 Å². The molecule has 0 aromatic carbocycles. The molecule has 1 fully saturated rings. The molecule has 1 atom stereocenters. The van der Waals surface area contributed by atoms with Crippen molar-refractivity contribution in [1.29, 1.82) is 0 Å². The van der Waals surface area contributed by atoms with E-state index in [4.69, 9.17) is 9.47 Å². The van der Waals surface area contributed by atoms with Gasteiger partial charge in [-0.1, -0.05) is 0 Å². The Bertz CT molecular complexity index is 177. The van der Waals surface area contributed by atoms with E-state index in [2.05, 4.69) is 32.6 Å². The molecule has 1 aliphatic rings. The van der Waals surface area contributed by atoms with Gasteiger partial charge >= 0.3 is 0 Å². The summed E-state index contributed by atoms with van der Waals surface area (Å²) in [5.74, 6) is 0. The molecule has 0 aromatic rings. The Morgan fingerprint density at radius 1 is 1.40 bits per heavy atom. The zero-order chi connectivity index (χ0) is 11.3. The van der Waals surface area contributed by atoms with Gasteiger partial charge in [-0.3, -0.25) is 4.90 Å². The van der Waals surface area contributed by atoms with Crippen molar-refractivity contribution in [2.75, 3.05) is 32.9 Å². The minimum absolute atomic E-state index is 0.00335. The molecular weight excluding hydrogens is 190 g/mol. The van der Waals surface area contributed by atoms with E-state index in [0.29, 0.717) is 6.04 Å². The second-order valence-corrected chi connectivity index (χ2v) is 5.27. The van der Waals surface area contributed by atoms with E-state index in [9.17, 15) is 0 Å². The molecule has 1 heterocycles. The van der Waals surface area contributed by atoms with E-state index in [1.54, 1.807) is 0 Å². The third-order valence-corrected chi connectivity index (χ3v) is 2.63. The maximum Gasteiger partial charge on any atom is 0.0619 e. The topological polar surface area (TPSA) is 21.7 Å². The van der Waals surface area contributed by atoms with E-state index in [-0.39, 0.29) is 5.60 Å². The second kappa shape index (κ2) is 5.83. The summed E-state index contributed by atoms with van der Waals surface area (Å²) < 4.78 is 11.1. The van der Waals surface area contributed by atoms with Gasteiger partial charge in [0.15, 0.2) is 0 Å². The van der Waals surface area contributed by atoms with Gasteiger partial charge in [-0.05, 0) is 34.1 Å². The van der Waals surface area contributed by atoms with Gasteiger partial charge in [0.25, 0.3) is 0 Å². The average Bonchev–Trinajstić information content (AvgIpc) is 2.13. The molecular formula is C12H25NO2. The highest BCUT2D eigenvalue weighted by molar-refractivity contribution is 4.70. The molecule has 1 rings (SSSR count). The van der Waals surface area contributed by atoms with Crippen LogP contribution in [-0.2, 0) is 9.47 Å². The first-order chi connectivity index (χ1) is 6.99. The monoisotopic (exact) mass is 215 g/mol. The molecule has 0 spiro atoms. The normalized spacial score (nSPS) is 24.4. The zero-order valence-corrected chi connectivity index (χ0v) is 10.6. The lowest BCUT2D eigenvalue weighted by molar-refractivity contribution is -0.0243. The third kappa shape index (κ3) is 5.50. The standard InChI is InChI=1S/C12H25NO2/c1-11-10-14-9-7-13(11)6-5-8-15-12(2,3)4/h11H,5-10H2,1-4H3/t11-/m1/s1. The maximum absolute atomic E-state index is 5.70. The number of nitrogens with zero attached hydrogens (tertiary/aromatic N) is 1. The molecule has 3 heteroatoms. The maximum atomic E-state index is 5.70. The molecule has 0 aromatic heterocycles. The van der Waals surface area contributed by atoms with Gasteiger partial charge in [-0.2, -0.15) is 0 Å². The Labute approximate surface area is 93.7 Å². The van der Waals surface area contributed by atoms with Gasteiger partial charge in [0.1, 0.15) is 0 Å². The molecule has 15 heavy (non-hydrogen) atoms. The van der Waals surface area contributed by atoms with Crippen LogP contribution in [0.15, 0.2) is 0 Å². The average molecular weight is 215 g/mol. The second-order valence-electron chi connectivity index (χ2n) is 5.27. The predicted octanol–water partition coefficient (Wildman–Crippen LogP) is 1.91. The summed E-state index contributed by atoms with van der Waals surface area (Å²) in [5.41, 5.74) is -0.00335. The predicted molar refractivity (Wildman–Crippen MR) is 62.2 cm³/mol. The summed E-state index contributed by atoms with van der Waals surface area (Å²) in [5, 5.41) is 0. The summed E-state index contributed by atoms with van der Waals surface area (Å²) >= 11 is 0. The van der Waals surface area contributed by atoms with Crippen molar-refractivity contribution in [3.8, 4) is 0 Å². The van der Waals surface area contributed by atoms with E-state index < -0.39 is 0 Å². The molecule has 1 saturated heterocycles. The molecule has 3 nitrogen and oxygen atoms in total. The van der Waals surface area contributed by atoms with Crippen LogP contribution in [0.25, 0.3) is 0 Å². The van der Waals surface area contributed by atoms with Crippen LogP contribution >= 0.6 is 0 Å². The fourth-order valence-corrected chi connectivity index (χ4v) is 1.74. The van der Waals surface area contributed by atoms with E-state index in [1.807, 2.05) is 0 Å². The number of rotatable bonds is 4. The lowest BCUT2D eigenvalue weighted by Crippen LogP contribution is -2.44. The highest BCUT2D eigenvalue weighted by Gasteiger charge is 2.18. The number of ether oxygens (including phenoxy) is 2. The number of hydrogen-bond acceptors (Lipinski definition) is 3. The molecule has 0 saturated carbocycles. The highest BCUT2D eigenvalue weighted by Crippen LogP contribution is 2.09.